The molecule has 1 heterocycles. The van der Waals surface area contributed by atoms with E-state index in [1.807, 2.05) is 0 Å². The fourth-order valence-corrected chi connectivity index (χ4v) is 3.00. The SMILES string of the molecule is COCCNCC(C)SC1CCOCC1. The molecular weight excluding hydrogens is 210 g/mol. The van der Waals surface area contributed by atoms with E-state index in [0.29, 0.717) is 5.25 Å². The Kier molecular flexibility index (Phi) is 7.44. The van der Waals surface area contributed by atoms with Gasteiger partial charge in [0.2, 0.25) is 0 Å². The van der Waals surface area contributed by atoms with Crippen LogP contribution in [0.25, 0.3) is 0 Å². The number of nitrogens with one attached hydrogen (secondary N) is 1. The van der Waals surface area contributed by atoms with Crippen LogP contribution in [0.2, 0.25) is 0 Å². The Morgan fingerprint density at radius 1 is 1.47 bits per heavy atom. The summed E-state index contributed by atoms with van der Waals surface area (Å²) in [6.07, 6.45) is 2.43. The van der Waals surface area contributed by atoms with Crippen molar-refractivity contribution in [2.75, 3.05) is 40.0 Å². The Balaban J connectivity index is 1.98. The van der Waals surface area contributed by atoms with Crippen molar-refractivity contribution in [3.05, 3.63) is 0 Å². The van der Waals surface area contributed by atoms with Crippen molar-refractivity contribution in [1.29, 1.82) is 0 Å². The summed E-state index contributed by atoms with van der Waals surface area (Å²) < 4.78 is 10.3. The summed E-state index contributed by atoms with van der Waals surface area (Å²) in [4.78, 5) is 0. The topological polar surface area (TPSA) is 30.5 Å². The highest BCUT2D eigenvalue weighted by atomic mass is 32.2. The van der Waals surface area contributed by atoms with Gasteiger partial charge in [-0.25, -0.2) is 0 Å². The quantitative estimate of drug-likeness (QED) is 0.676. The number of hydrogen-bond donors (Lipinski definition) is 1. The Labute approximate surface area is 97.3 Å². The van der Waals surface area contributed by atoms with Crippen molar-refractivity contribution >= 4 is 11.8 Å². The molecular formula is C11H23NO2S. The largest absolute Gasteiger partial charge is 0.383 e. The maximum atomic E-state index is 5.35. The number of ether oxygens (including phenoxy) is 2. The van der Waals surface area contributed by atoms with Gasteiger partial charge in [-0.15, -0.1) is 0 Å². The van der Waals surface area contributed by atoms with E-state index in [1.165, 1.54) is 12.8 Å². The van der Waals surface area contributed by atoms with Crippen LogP contribution in [0.15, 0.2) is 0 Å². The molecule has 0 spiro atoms. The molecule has 1 fully saturated rings. The Hall–Kier alpha value is 0.230. The fraction of sp³-hybridized carbons (Fsp3) is 1.00. The zero-order chi connectivity index (χ0) is 10.9. The molecule has 4 heteroatoms. The van der Waals surface area contributed by atoms with Crippen molar-refractivity contribution in [2.24, 2.45) is 0 Å². The first-order valence-electron chi connectivity index (χ1n) is 5.75. The molecule has 0 bridgehead atoms. The fourth-order valence-electron chi connectivity index (χ4n) is 1.67. The van der Waals surface area contributed by atoms with Crippen LogP contribution in [0, 0.1) is 0 Å². The summed E-state index contributed by atoms with van der Waals surface area (Å²) in [6.45, 7) is 7.01. The van der Waals surface area contributed by atoms with Gasteiger partial charge in [0.25, 0.3) is 0 Å². The summed E-state index contributed by atoms with van der Waals surface area (Å²) >= 11 is 2.10. The van der Waals surface area contributed by atoms with Crippen molar-refractivity contribution in [3.8, 4) is 0 Å². The predicted octanol–water partition coefficient (Wildman–Crippen LogP) is 1.52. The smallest absolute Gasteiger partial charge is 0.0587 e. The normalized spacial score (nSPS) is 20.4. The standard InChI is InChI=1S/C11H23NO2S/c1-10(9-12-5-8-13-2)15-11-3-6-14-7-4-11/h10-12H,3-9H2,1-2H3. The zero-order valence-electron chi connectivity index (χ0n) is 9.83. The van der Waals surface area contributed by atoms with Gasteiger partial charge in [-0.2, -0.15) is 11.8 Å². The Morgan fingerprint density at radius 2 is 2.20 bits per heavy atom. The van der Waals surface area contributed by atoms with E-state index in [-0.39, 0.29) is 0 Å². The van der Waals surface area contributed by atoms with Gasteiger partial charge in [0.1, 0.15) is 0 Å². The summed E-state index contributed by atoms with van der Waals surface area (Å²) in [5, 5.41) is 4.89. The molecule has 1 aliphatic heterocycles. The van der Waals surface area contributed by atoms with Crippen LogP contribution in [0.5, 0.6) is 0 Å². The second-order valence-electron chi connectivity index (χ2n) is 3.96. The van der Waals surface area contributed by atoms with Crippen molar-refractivity contribution in [3.63, 3.8) is 0 Å². The van der Waals surface area contributed by atoms with Crippen molar-refractivity contribution in [2.45, 2.75) is 30.3 Å². The average molecular weight is 233 g/mol. The van der Waals surface area contributed by atoms with Crippen LogP contribution in [-0.2, 0) is 9.47 Å². The molecule has 0 amide bonds. The number of methoxy groups -OCH3 is 1. The van der Waals surface area contributed by atoms with E-state index in [4.69, 9.17) is 9.47 Å². The molecule has 15 heavy (non-hydrogen) atoms. The number of thioether (sulfide) groups is 1. The van der Waals surface area contributed by atoms with Gasteiger partial charge in [-0.05, 0) is 12.8 Å². The minimum absolute atomic E-state index is 0.685. The molecule has 0 aromatic rings. The lowest BCUT2D eigenvalue weighted by Gasteiger charge is -2.24. The number of rotatable bonds is 7. The molecule has 1 unspecified atom stereocenters. The molecule has 1 atom stereocenters. The van der Waals surface area contributed by atoms with Crippen LogP contribution in [0.4, 0.5) is 0 Å². The lowest BCUT2D eigenvalue weighted by atomic mass is 10.2. The summed E-state index contributed by atoms with van der Waals surface area (Å²) in [6, 6.07) is 0. The average Bonchev–Trinajstić information content (AvgIpc) is 2.26. The molecule has 1 rings (SSSR count). The third-order valence-electron chi connectivity index (χ3n) is 2.51. The number of hydrogen-bond acceptors (Lipinski definition) is 4. The predicted molar refractivity (Wildman–Crippen MR) is 65.6 cm³/mol. The zero-order valence-corrected chi connectivity index (χ0v) is 10.6. The summed E-state index contributed by atoms with van der Waals surface area (Å²) in [7, 11) is 1.74. The van der Waals surface area contributed by atoms with Gasteiger partial charge >= 0.3 is 0 Å². The minimum Gasteiger partial charge on any atom is -0.383 e. The van der Waals surface area contributed by atoms with Gasteiger partial charge in [-0.3, -0.25) is 0 Å². The molecule has 3 nitrogen and oxygen atoms in total. The summed E-state index contributed by atoms with van der Waals surface area (Å²) in [5.41, 5.74) is 0. The molecule has 0 aromatic heterocycles. The van der Waals surface area contributed by atoms with Gasteiger partial charge in [0.15, 0.2) is 0 Å². The van der Waals surface area contributed by atoms with Crippen LogP contribution in [0.3, 0.4) is 0 Å². The maximum absolute atomic E-state index is 5.35. The molecule has 0 aromatic carbocycles. The highest BCUT2D eigenvalue weighted by molar-refractivity contribution is 8.00. The molecule has 90 valence electrons. The molecule has 1 saturated heterocycles. The van der Waals surface area contributed by atoms with E-state index in [9.17, 15) is 0 Å². The first-order chi connectivity index (χ1) is 7.33. The van der Waals surface area contributed by atoms with Gasteiger partial charge < -0.3 is 14.8 Å². The summed E-state index contributed by atoms with van der Waals surface area (Å²) in [5.74, 6) is 0. The van der Waals surface area contributed by atoms with E-state index < -0.39 is 0 Å². The molecule has 1 N–H and O–H groups in total. The highest BCUT2D eigenvalue weighted by Gasteiger charge is 2.16. The second-order valence-corrected chi connectivity index (χ2v) is 5.70. The molecule has 0 radical (unpaired) electrons. The highest BCUT2D eigenvalue weighted by Crippen LogP contribution is 2.25. The van der Waals surface area contributed by atoms with Crippen LogP contribution < -0.4 is 5.32 Å². The third kappa shape index (κ3) is 6.40. The monoisotopic (exact) mass is 233 g/mol. The third-order valence-corrected chi connectivity index (χ3v) is 4.00. The van der Waals surface area contributed by atoms with Crippen molar-refractivity contribution < 1.29 is 9.47 Å². The maximum Gasteiger partial charge on any atom is 0.0587 e. The van der Waals surface area contributed by atoms with Crippen LogP contribution in [-0.4, -0.2) is 50.5 Å². The van der Waals surface area contributed by atoms with E-state index in [0.717, 1.165) is 38.2 Å². The Morgan fingerprint density at radius 3 is 2.87 bits per heavy atom. The minimum atomic E-state index is 0.685. The lowest BCUT2D eigenvalue weighted by Crippen LogP contribution is -2.28. The Bertz CT molecular complexity index is 152. The van der Waals surface area contributed by atoms with Gasteiger partial charge in [-0.1, -0.05) is 6.92 Å². The van der Waals surface area contributed by atoms with Gasteiger partial charge in [0, 0.05) is 43.9 Å². The van der Waals surface area contributed by atoms with E-state index in [2.05, 4.69) is 24.0 Å². The van der Waals surface area contributed by atoms with Crippen LogP contribution in [0.1, 0.15) is 19.8 Å². The first-order valence-corrected chi connectivity index (χ1v) is 6.70. The van der Waals surface area contributed by atoms with E-state index >= 15 is 0 Å². The van der Waals surface area contributed by atoms with E-state index in [1.54, 1.807) is 7.11 Å². The first kappa shape index (κ1) is 13.3. The van der Waals surface area contributed by atoms with Crippen LogP contribution >= 0.6 is 11.8 Å². The second kappa shape index (κ2) is 8.39. The molecule has 0 saturated carbocycles. The molecule has 1 aliphatic rings. The van der Waals surface area contributed by atoms with Crippen molar-refractivity contribution in [1.82, 2.24) is 5.32 Å². The molecule has 0 aliphatic carbocycles. The van der Waals surface area contributed by atoms with Gasteiger partial charge in [0.05, 0.1) is 6.61 Å². The lowest BCUT2D eigenvalue weighted by molar-refractivity contribution is 0.0999.